The minimum atomic E-state index is 0.00977. The number of nitrogens with one attached hydrogen (secondary N) is 1. The molecule has 0 aliphatic carbocycles. The standard InChI is InChI=1S/C16H22N2O/c1-11(2)10-14-15(13-8-6-5-7-9-13)16(19)17-18(14)12(3)4/h5-9,11-12H,10H2,1-4H3,(H,17,19). The largest absolute Gasteiger partial charge is 0.286 e. The van der Waals surface area contributed by atoms with Gasteiger partial charge in [-0.25, -0.2) is 0 Å². The first-order valence-corrected chi connectivity index (χ1v) is 6.89. The molecule has 0 unspecified atom stereocenters. The molecule has 1 aromatic carbocycles. The number of rotatable bonds is 4. The highest BCUT2D eigenvalue weighted by molar-refractivity contribution is 5.65. The first kappa shape index (κ1) is 13.7. The molecule has 0 bridgehead atoms. The summed E-state index contributed by atoms with van der Waals surface area (Å²) >= 11 is 0. The summed E-state index contributed by atoms with van der Waals surface area (Å²) < 4.78 is 2.00. The molecule has 0 saturated carbocycles. The summed E-state index contributed by atoms with van der Waals surface area (Å²) in [5.41, 5.74) is 2.94. The number of nitrogens with zero attached hydrogens (tertiary/aromatic N) is 1. The Labute approximate surface area is 114 Å². The number of aromatic amines is 1. The van der Waals surface area contributed by atoms with Crippen LogP contribution in [-0.2, 0) is 6.42 Å². The van der Waals surface area contributed by atoms with E-state index < -0.39 is 0 Å². The van der Waals surface area contributed by atoms with Crippen LogP contribution in [0.4, 0.5) is 0 Å². The van der Waals surface area contributed by atoms with Crippen molar-refractivity contribution in [3.05, 3.63) is 46.4 Å². The lowest BCUT2D eigenvalue weighted by Crippen LogP contribution is -2.11. The molecule has 0 fully saturated rings. The zero-order valence-corrected chi connectivity index (χ0v) is 12.1. The maximum atomic E-state index is 12.3. The average molecular weight is 258 g/mol. The van der Waals surface area contributed by atoms with Crippen LogP contribution in [0.2, 0.25) is 0 Å². The van der Waals surface area contributed by atoms with E-state index in [9.17, 15) is 4.79 Å². The lowest BCUT2D eigenvalue weighted by molar-refractivity contribution is 0.487. The molecule has 2 aromatic rings. The number of hydrogen-bond donors (Lipinski definition) is 1. The third-order valence-corrected chi connectivity index (χ3v) is 3.21. The van der Waals surface area contributed by atoms with Crippen LogP contribution in [0, 0.1) is 5.92 Å². The second-order valence-electron chi connectivity index (χ2n) is 5.69. The Balaban J connectivity index is 2.62. The van der Waals surface area contributed by atoms with Gasteiger partial charge in [-0.3, -0.25) is 14.6 Å². The van der Waals surface area contributed by atoms with Crippen molar-refractivity contribution in [1.29, 1.82) is 0 Å². The van der Waals surface area contributed by atoms with Crippen LogP contribution in [0.5, 0.6) is 0 Å². The molecule has 1 N–H and O–H groups in total. The van der Waals surface area contributed by atoms with E-state index in [-0.39, 0.29) is 11.6 Å². The van der Waals surface area contributed by atoms with Crippen LogP contribution in [0.1, 0.15) is 39.4 Å². The number of hydrogen-bond acceptors (Lipinski definition) is 1. The third-order valence-electron chi connectivity index (χ3n) is 3.21. The van der Waals surface area contributed by atoms with Gasteiger partial charge in [0.25, 0.3) is 5.56 Å². The highest BCUT2D eigenvalue weighted by Gasteiger charge is 2.18. The number of aromatic nitrogens is 2. The molecule has 0 amide bonds. The van der Waals surface area contributed by atoms with E-state index in [0.29, 0.717) is 5.92 Å². The smallest absolute Gasteiger partial charge is 0.272 e. The molecular weight excluding hydrogens is 236 g/mol. The first-order valence-electron chi connectivity index (χ1n) is 6.89. The van der Waals surface area contributed by atoms with Crippen LogP contribution >= 0.6 is 0 Å². The molecule has 0 aliphatic rings. The average Bonchev–Trinajstić information content (AvgIpc) is 2.66. The molecule has 0 saturated heterocycles. The van der Waals surface area contributed by atoms with Gasteiger partial charge in [0.05, 0.1) is 5.56 Å². The third kappa shape index (κ3) is 2.80. The van der Waals surface area contributed by atoms with Gasteiger partial charge in [0, 0.05) is 11.7 Å². The molecule has 3 nitrogen and oxygen atoms in total. The van der Waals surface area contributed by atoms with Gasteiger partial charge in [0.15, 0.2) is 0 Å². The van der Waals surface area contributed by atoms with E-state index in [0.717, 1.165) is 23.2 Å². The van der Waals surface area contributed by atoms with Crippen LogP contribution in [0.3, 0.4) is 0 Å². The number of H-pyrrole nitrogens is 1. The predicted octanol–water partition coefficient (Wildman–Crippen LogP) is 3.62. The Hall–Kier alpha value is -1.77. The van der Waals surface area contributed by atoms with Crippen molar-refractivity contribution < 1.29 is 0 Å². The lowest BCUT2D eigenvalue weighted by Gasteiger charge is -2.15. The quantitative estimate of drug-likeness (QED) is 0.893. The van der Waals surface area contributed by atoms with Crippen LogP contribution in [0.25, 0.3) is 11.1 Å². The number of benzene rings is 1. The van der Waals surface area contributed by atoms with Crippen LogP contribution in [-0.4, -0.2) is 9.78 Å². The molecule has 2 rings (SSSR count). The van der Waals surface area contributed by atoms with Gasteiger partial charge in [0.1, 0.15) is 0 Å². The molecule has 102 valence electrons. The van der Waals surface area contributed by atoms with E-state index in [1.54, 1.807) is 0 Å². The molecule has 3 heteroatoms. The predicted molar refractivity (Wildman–Crippen MR) is 79.4 cm³/mol. The van der Waals surface area contributed by atoms with Crippen molar-refractivity contribution in [2.45, 2.75) is 40.2 Å². The molecule has 1 aromatic heterocycles. The van der Waals surface area contributed by atoms with Crippen molar-refractivity contribution in [3.8, 4) is 11.1 Å². The molecule has 0 atom stereocenters. The van der Waals surface area contributed by atoms with Crippen molar-refractivity contribution in [2.75, 3.05) is 0 Å². The monoisotopic (exact) mass is 258 g/mol. The Morgan fingerprint density at radius 3 is 2.26 bits per heavy atom. The first-order chi connectivity index (χ1) is 9.00. The Bertz CT molecular complexity index is 591. The van der Waals surface area contributed by atoms with E-state index >= 15 is 0 Å². The molecule has 0 radical (unpaired) electrons. The highest BCUT2D eigenvalue weighted by atomic mass is 16.1. The minimum Gasteiger partial charge on any atom is -0.286 e. The Morgan fingerprint density at radius 1 is 1.11 bits per heavy atom. The van der Waals surface area contributed by atoms with Gasteiger partial charge in [-0.2, -0.15) is 0 Å². The van der Waals surface area contributed by atoms with Crippen molar-refractivity contribution >= 4 is 0 Å². The van der Waals surface area contributed by atoms with Crippen molar-refractivity contribution in [3.63, 3.8) is 0 Å². The lowest BCUT2D eigenvalue weighted by atomic mass is 9.99. The molecule has 0 spiro atoms. The normalized spacial score (nSPS) is 11.5. The zero-order valence-electron chi connectivity index (χ0n) is 12.1. The minimum absolute atomic E-state index is 0.00977. The van der Waals surface area contributed by atoms with E-state index in [1.165, 1.54) is 0 Å². The summed E-state index contributed by atoms with van der Waals surface area (Å²) in [6.45, 7) is 8.54. The molecule has 0 aliphatic heterocycles. The fraction of sp³-hybridized carbons (Fsp3) is 0.438. The van der Waals surface area contributed by atoms with E-state index in [1.807, 2.05) is 35.0 Å². The summed E-state index contributed by atoms with van der Waals surface area (Å²) in [6, 6.07) is 10.2. The van der Waals surface area contributed by atoms with Crippen LogP contribution in [0.15, 0.2) is 35.1 Å². The second-order valence-corrected chi connectivity index (χ2v) is 5.69. The zero-order chi connectivity index (χ0) is 14.0. The molecule has 1 heterocycles. The van der Waals surface area contributed by atoms with Crippen LogP contribution < -0.4 is 5.56 Å². The van der Waals surface area contributed by atoms with E-state index in [4.69, 9.17) is 0 Å². The maximum absolute atomic E-state index is 12.3. The van der Waals surface area contributed by atoms with Gasteiger partial charge < -0.3 is 0 Å². The van der Waals surface area contributed by atoms with Gasteiger partial charge in [-0.1, -0.05) is 44.2 Å². The fourth-order valence-corrected chi connectivity index (χ4v) is 2.41. The summed E-state index contributed by atoms with van der Waals surface area (Å²) in [5.74, 6) is 0.516. The SMILES string of the molecule is CC(C)Cc1c(-c2ccccc2)c(=O)[nH]n1C(C)C. The summed E-state index contributed by atoms with van der Waals surface area (Å²) in [7, 11) is 0. The summed E-state index contributed by atoms with van der Waals surface area (Å²) in [5, 5.41) is 2.98. The van der Waals surface area contributed by atoms with Gasteiger partial charge in [-0.05, 0) is 31.7 Å². The molecular formula is C16H22N2O. The summed E-state index contributed by atoms with van der Waals surface area (Å²) in [4.78, 5) is 12.3. The van der Waals surface area contributed by atoms with Gasteiger partial charge in [0.2, 0.25) is 0 Å². The van der Waals surface area contributed by atoms with E-state index in [2.05, 4.69) is 32.8 Å². The fourth-order valence-electron chi connectivity index (χ4n) is 2.41. The van der Waals surface area contributed by atoms with Crippen molar-refractivity contribution in [1.82, 2.24) is 9.78 Å². The Morgan fingerprint density at radius 2 is 1.74 bits per heavy atom. The Kier molecular flexibility index (Phi) is 3.93. The van der Waals surface area contributed by atoms with Crippen molar-refractivity contribution in [2.24, 2.45) is 5.92 Å². The second kappa shape index (κ2) is 5.47. The highest BCUT2D eigenvalue weighted by Crippen LogP contribution is 2.24. The van der Waals surface area contributed by atoms with Gasteiger partial charge >= 0.3 is 0 Å². The maximum Gasteiger partial charge on any atom is 0.272 e. The molecule has 19 heavy (non-hydrogen) atoms. The summed E-state index contributed by atoms with van der Waals surface area (Å²) in [6.07, 6.45) is 0.904. The topological polar surface area (TPSA) is 37.8 Å². The van der Waals surface area contributed by atoms with Gasteiger partial charge in [-0.15, -0.1) is 0 Å².